The number of hydrogen-bond acceptors (Lipinski definition) is 9. The van der Waals surface area contributed by atoms with Gasteiger partial charge >= 0.3 is 5.97 Å². The van der Waals surface area contributed by atoms with Gasteiger partial charge in [-0.15, -0.1) is 5.10 Å². The zero-order valence-corrected chi connectivity index (χ0v) is 19.7. The third-order valence-corrected chi connectivity index (χ3v) is 5.45. The van der Waals surface area contributed by atoms with Crippen LogP contribution < -0.4 is 29.4 Å². The summed E-state index contributed by atoms with van der Waals surface area (Å²) >= 11 is 0. The fourth-order valence-corrected chi connectivity index (χ4v) is 3.99. The smallest absolute Gasteiger partial charge is 0.308 e. The maximum Gasteiger partial charge on any atom is 0.308 e. The zero-order valence-electron chi connectivity index (χ0n) is 19.7. The standard InChI is InChI=1S/C25H24N4O6/c1-5-33-16-8-6-14(7-9-16)22-21-20(17(12-26)24(27)35-25(21)29-28-22)15-10-18(31-3)23(34-13(2)30)19(11-15)32-4/h6-11,20H,5,27H2,1-4H3,(H,28,29). The van der Waals surface area contributed by atoms with Gasteiger partial charge in [-0.2, -0.15) is 5.26 Å². The molecule has 3 N–H and O–H groups in total. The molecule has 1 atom stereocenters. The van der Waals surface area contributed by atoms with Crippen LogP contribution in [0.3, 0.4) is 0 Å². The molecule has 0 fully saturated rings. The highest BCUT2D eigenvalue weighted by molar-refractivity contribution is 5.74. The highest BCUT2D eigenvalue weighted by Crippen LogP contribution is 2.49. The topological polar surface area (TPSA) is 142 Å². The molecule has 1 aliphatic rings. The number of nitrogens with zero attached hydrogens (tertiary/aromatic N) is 2. The molecule has 0 aliphatic carbocycles. The van der Waals surface area contributed by atoms with Crippen molar-refractivity contribution in [3.05, 3.63) is 59.0 Å². The van der Waals surface area contributed by atoms with E-state index in [1.54, 1.807) is 12.1 Å². The summed E-state index contributed by atoms with van der Waals surface area (Å²) in [6.45, 7) is 3.75. The molecule has 4 rings (SSSR count). The van der Waals surface area contributed by atoms with E-state index in [1.807, 2.05) is 31.2 Å². The lowest BCUT2D eigenvalue weighted by Crippen LogP contribution is -2.21. The lowest BCUT2D eigenvalue weighted by Gasteiger charge is -2.25. The number of aromatic amines is 1. The maximum atomic E-state index is 11.6. The fraction of sp³-hybridized carbons (Fsp3) is 0.240. The molecular weight excluding hydrogens is 452 g/mol. The van der Waals surface area contributed by atoms with Crippen LogP contribution >= 0.6 is 0 Å². The number of fused-ring (bicyclic) bond motifs is 1. The fourth-order valence-electron chi connectivity index (χ4n) is 3.99. The SMILES string of the molecule is CCOc1ccc(-c2[nH]nc3c2C(c2cc(OC)c(OC(C)=O)c(OC)c2)C(C#N)=C(N)O3)cc1. The summed E-state index contributed by atoms with van der Waals surface area (Å²) in [5.74, 6) is 0.362. The summed E-state index contributed by atoms with van der Waals surface area (Å²) in [4.78, 5) is 11.6. The van der Waals surface area contributed by atoms with E-state index in [-0.39, 0.29) is 34.6 Å². The molecule has 0 bridgehead atoms. The number of carbonyl (C=O) groups is 1. The van der Waals surface area contributed by atoms with Gasteiger partial charge in [-0.25, -0.2) is 0 Å². The van der Waals surface area contributed by atoms with Crippen LogP contribution in [0.15, 0.2) is 47.9 Å². The number of hydrogen-bond donors (Lipinski definition) is 2. The summed E-state index contributed by atoms with van der Waals surface area (Å²) in [5.41, 5.74) is 8.97. The quantitative estimate of drug-likeness (QED) is 0.386. The Bertz CT molecular complexity index is 1310. The maximum absolute atomic E-state index is 11.6. The summed E-state index contributed by atoms with van der Waals surface area (Å²) in [6, 6.07) is 13.0. The molecule has 0 saturated carbocycles. The third-order valence-electron chi connectivity index (χ3n) is 5.45. The predicted octanol–water partition coefficient (Wildman–Crippen LogP) is 3.64. The molecular formula is C25H24N4O6. The minimum atomic E-state index is -0.668. The van der Waals surface area contributed by atoms with Gasteiger partial charge in [0, 0.05) is 12.5 Å². The Morgan fingerprint density at radius 1 is 1.20 bits per heavy atom. The van der Waals surface area contributed by atoms with Crippen molar-refractivity contribution in [3.8, 4) is 46.2 Å². The molecule has 0 amide bonds. The zero-order chi connectivity index (χ0) is 25.1. The first-order chi connectivity index (χ1) is 16.9. The Balaban J connectivity index is 1.91. The average molecular weight is 476 g/mol. The molecule has 0 radical (unpaired) electrons. The van der Waals surface area contributed by atoms with Gasteiger partial charge < -0.3 is 29.4 Å². The molecule has 0 spiro atoms. The third kappa shape index (κ3) is 4.31. The Hall–Kier alpha value is -4.65. The molecule has 1 aromatic heterocycles. The number of esters is 1. The van der Waals surface area contributed by atoms with Gasteiger partial charge in [0.15, 0.2) is 11.5 Å². The van der Waals surface area contributed by atoms with E-state index in [0.29, 0.717) is 23.4 Å². The average Bonchev–Trinajstić information content (AvgIpc) is 3.26. The van der Waals surface area contributed by atoms with Crippen LogP contribution in [-0.2, 0) is 4.79 Å². The first kappa shape index (κ1) is 23.5. The molecule has 2 aromatic carbocycles. The van der Waals surface area contributed by atoms with Crippen molar-refractivity contribution < 1.29 is 28.5 Å². The van der Waals surface area contributed by atoms with Gasteiger partial charge in [0.05, 0.1) is 38.0 Å². The van der Waals surface area contributed by atoms with E-state index in [4.69, 9.17) is 29.4 Å². The minimum absolute atomic E-state index is 0.0586. The normalized spacial score (nSPS) is 14.4. The van der Waals surface area contributed by atoms with Gasteiger partial charge in [0.2, 0.25) is 17.5 Å². The Morgan fingerprint density at radius 3 is 2.40 bits per heavy atom. The molecule has 10 heteroatoms. The first-order valence-electron chi connectivity index (χ1n) is 10.7. The van der Waals surface area contributed by atoms with Crippen LogP contribution in [0.2, 0.25) is 0 Å². The van der Waals surface area contributed by atoms with Crippen molar-refractivity contribution in [2.45, 2.75) is 19.8 Å². The Kier molecular flexibility index (Phi) is 6.51. The van der Waals surface area contributed by atoms with Crippen molar-refractivity contribution in [1.82, 2.24) is 10.2 Å². The number of methoxy groups -OCH3 is 2. The summed E-state index contributed by atoms with van der Waals surface area (Å²) < 4.78 is 27.5. The highest BCUT2D eigenvalue weighted by Gasteiger charge is 2.37. The van der Waals surface area contributed by atoms with Crippen molar-refractivity contribution >= 4 is 5.97 Å². The molecule has 3 aromatic rings. The van der Waals surface area contributed by atoms with E-state index in [0.717, 1.165) is 11.3 Å². The van der Waals surface area contributed by atoms with Crippen LogP contribution in [0.5, 0.6) is 28.9 Å². The second-order valence-corrected chi connectivity index (χ2v) is 7.55. The Morgan fingerprint density at radius 2 is 1.86 bits per heavy atom. The van der Waals surface area contributed by atoms with Crippen LogP contribution in [0.25, 0.3) is 11.3 Å². The van der Waals surface area contributed by atoms with Crippen molar-refractivity contribution in [2.24, 2.45) is 5.73 Å². The molecule has 2 heterocycles. The van der Waals surface area contributed by atoms with Crippen LogP contribution in [0, 0.1) is 11.3 Å². The van der Waals surface area contributed by atoms with Crippen molar-refractivity contribution in [1.29, 1.82) is 5.26 Å². The van der Waals surface area contributed by atoms with Gasteiger partial charge in [-0.1, -0.05) is 0 Å². The summed E-state index contributed by atoms with van der Waals surface area (Å²) in [7, 11) is 2.89. The minimum Gasteiger partial charge on any atom is -0.494 e. The molecule has 180 valence electrons. The summed E-state index contributed by atoms with van der Waals surface area (Å²) in [5, 5.41) is 17.3. The molecule has 10 nitrogen and oxygen atoms in total. The lowest BCUT2D eigenvalue weighted by atomic mass is 9.82. The second kappa shape index (κ2) is 9.69. The summed E-state index contributed by atoms with van der Waals surface area (Å²) in [6.07, 6.45) is 0. The number of carbonyl (C=O) groups excluding carboxylic acids is 1. The van der Waals surface area contributed by atoms with Crippen molar-refractivity contribution in [2.75, 3.05) is 20.8 Å². The van der Waals surface area contributed by atoms with Crippen molar-refractivity contribution in [3.63, 3.8) is 0 Å². The molecule has 1 unspecified atom stereocenters. The van der Waals surface area contributed by atoms with Crippen LogP contribution in [-0.4, -0.2) is 37.0 Å². The van der Waals surface area contributed by atoms with Crippen LogP contribution in [0.4, 0.5) is 0 Å². The number of nitrogens with two attached hydrogens (primary N) is 1. The number of benzene rings is 2. The number of H-pyrrole nitrogens is 1. The predicted molar refractivity (Wildman–Crippen MR) is 125 cm³/mol. The molecule has 35 heavy (non-hydrogen) atoms. The second-order valence-electron chi connectivity index (χ2n) is 7.55. The van der Waals surface area contributed by atoms with E-state index in [2.05, 4.69) is 16.3 Å². The largest absolute Gasteiger partial charge is 0.494 e. The monoisotopic (exact) mass is 476 g/mol. The van der Waals surface area contributed by atoms with Gasteiger partial charge in [0.25, 0.3) is 0 Å². The van der Waals surface area contributed by atoms with Gasteiger partial charge in [0.1, 0.15) is 17.4 Å². The molecule has 0 saturated heterocycles. The highest BCUT2D eigenvalue weighted by atomic mass is 16.6. The number of nitriles is 1. The number of allylic oxidation sites excluding steroid dienone is 1. The number of ether oxygens (including phenoxy) is 5. The Labute approximate surface area is 201 Å². The first-order valence-corrected chi connectivity index (χ1v) is 10.7. The number of aromatic nitrogens is 2. The number of rotatable bonds is 7. The van der Waals surface area contributed by atoms with Gasteiger partial charge in [-0.3, -0.25) is 9.89 Å². The van der Waals surface area contributed by atoms with Gasteiger partial charge in [-0.05, 0) is 48.9 Å². The van der Waals surface area contributed by atoms with Crippen LogP contribution in [0.1, 0.15) is 30.9 Å². The van der Waals surface area contributed by atoms with E-state index >= 15 is 0 Å². The van der Waals surface area contributed by atoms with E-state index in [1.165, 1.54) is 21.1 Å². The lowest BCUT2D eigenvalue weighted by molar-refractivity contribution is -0.132. The number of nitrogens with one attached hydrogen (secondary N) is 1. The van der Waals surface area contributed by atoms with E-state index in [9.17, 15) is 10.1 Å². The molecule has 1 aliphatic heterocycles. The van der Waals surface area contributed by atoms with E-state index < -0.39 is 11.9 Å².